The predicted octanol–water partition coefficient (Wildman–Crippen LogP) is 4.82. The van der Waals surface area contributed by atoms with E-state index >= 15 is 0 Å². The summed E-state index contributed by atoms with van der Waals surface area (Å²) in [6.45, 7) is 11.8. The van der Waals surface area contributed by atoms with Crippen molar-refractivity contribution in [3.8, 4) is 0 Å². The van der Waals surface area contributed by atoms with E-state index in [0.29, 0.717) is 16.7 Å². The summed E-state index contributed by atoms with van der Waals surface area (Å²) in [5.41, 5.74) is 1.59. The fourth-order valence-corrected chi connectivity index (χ4v) is 6.31. The Morgan fingerprint density at radius 1 is 0.883 bits per heavy atom. The second-order valence-electron chi connectivity index (χ2n) is 15.1. The maximum absolute atomic E-state index is 13.1. The third kappa shape index (κ3) is 17.1. The van der Waals surface area contributed by atoms with Crippen molar-refractivity contribution in [3.63, 3.8) is 0 Å². The molecule has 5 N–H and O–H groups in total. The first-order chi connectivity index (χ1) is 28.4. The summed E-state index contributed by atoms with van der Waals surface area (Å²) in [4.78, 5) is 38.7. The van der Waals surface area contributed by atoms with Gasteiger partial charge in [-0.1, -0.05) is 104 Å². The Labute approximate surface area is 355 Å². The SMILES string of the molecule is COC1C(C)OC(OC(C)C(O)/C=C/C=C/C=C/C(=O)C(C)C(O)C(C)C2C/C=C/C=C/C=C/C(O)C(=O)/C(C)=C/C=C/C(C)=CC(O)/C(C)=C/CC(=O)O2)C(OC)C1O. The topological polar surface area (TPSA) is 199 Å². The number of Topliss-reactive ketones (excluding diaryl/α,β-unsaturated/α-hetero) is 1. The molecule has 13 heteroatoms. The number of carbonyl (C=O) groups excluding carboxylic acids is 3. The Kier molecular flexibility index (Phi) is 23.3. The van der Waals surface area contributed by atoms with Crippen LogP contribution in [-0.2, 0) is 38.1 Å². The highest BCUT2D eigenvalue weighted by atomic mass is 16.7. The summed E-state index contributed by atoms with van der Waals surface area (Å²) in [5.74, 6) is -2.90. The van der Waals surface area contributed by atoms with E-state index in [2.05, 4.69) is 0 Å². The van der Waals surface area contributed by atoms with Crippen LogP contribution in [0.3, 0.4) is 0 Å². The number of hydrogen-bond donors (Lipinski definition) is 5. The number of ether oxygens (including phenoxy) is 5. The highest BCUT2D eigenvalue weighted by molar-refractivity contribution is 5.99. The number of hydrogen-bond acceptors (Lipinski definition) is 13. The average molecular weight is 839 g/mol. The second kappa shape index (κ2) is 26.9. The average Bonchev–Trinajstić information content (AvgIpc) is 3.21. The van der Waals surface area contributed by atoms with Gasteiger partial charge in [-0.3, -0.25) is 14.4 Å². The fraction of sp³-hybridized carbons (Fsp3) is 0.511. The van der Waals surface area contributed by atoms with Gasteiger partial charge in [-0.2, -0.15) is 0 Å². The van der Waals surface area contributed by atoms with Crippen LogP contribution in [-0.4, -0.2) is 125 Å². The largest absolute Gasteiger partial charge is 0.461 e. The summed E-state index contributed by atoms with van der Waals surface area (Å²) in [7, 11) is 2.90. The van der Waals surface area contributed by atoms with Crippen LogP contribution in [0, 0.1) is 11.8 Å². The predicted molar refractivity (Wildman–Crippen MR) is 229 cm³/mol. The molecule has 0 amide bonds. The number of rotatable bonds is 13. The van der Waals surface area contributed by atoms with Gasteiger partial charge in [0.05, 0.1) is 36.9 Å². The standard InChI is InChI=1S/C47H66O13/c1-29-20-19-21-31(3)42(53)38(50)24-17-11-10-12-18-25-40(60-41(52)27-26-30(2)39(51)28-29)33(5)43(54)32(4)36(48)22-15-13-14-16-23-37(49)34(6)58-47-46(57-9)44(55)45(56-8)35(7)59-47/h10-24,26,28,32-35,37-40,43-47,49-51,54-55H,25,27H2,1-9H3/b11-10+,14-13+,18-12+,20-19+,22-15+,23-16+,24-17+,29-28?,30-26+,31-21+. The van der Waals surface area contributed by atoms with Gasteiger partial charge in [-0.15, -0.1) is 0 Å². The first-order valence-corrected chi connectivity index (χ1v) is 20.2. The molecule has 2 rings (SSSR count). The highest BCUT2D eigenvalue weighted by Crippen LogP contribution is 2.27. The molecular weight excluding hydrogens is 773 g/mol. The lowest BCUT2D eigenvalue weighted by Crippen LogP contribution is -2.59. The minimum atomic E-state index is -1.33. The Morgan fingerprint density at radius 2 is 1.55 bits per heavy atom. The highest BCUT2D eigenvalue weighted by Gasteiger charge is 2.45. The molecule has 1 fully saturated rings. The van der Waals surface area contributed by atoms with Gasteiger partial charge in [0.25, 0.3) is 0 Å². The molecule has 13 atom stereocenters. The van der Waals surface area contributed by atoms with E-state index in [1.165, 1.54) is 44.6 Å². The van der Waals surface area contributed by atoms with E-state index in [-0.39, 0.29) is 18.6 Å². The van der Waals surface area contributed by atoms with Crippen LogP contribution in [0.1, 0.15) is 61.3 Å². The van der Waals surface area contributed by atoms with E-state index < -0.39 is 90.9 Å². The molecule has 13 nitrogen and oxygen atoms in total. The zero-order chi connectivity index (χ0) is 44.9. The van der Waals surface area contributed by atoms with Crippen molar-refractivity contribution in [1.82, 2.24) is 0 Å². The van der Waals surface area contributed by atoms with Crippen molar-refractivity contribution >= 4 is 17.5 Å². The summed E-state index contributed by atoms with van der Waals surface area (Å²) in [6, 6.07) is 0. The summed E-state index contributed by atoms with van der Waals surface area (Å²) < 4.78 is 28.2. The Morgan fingerprint density at radius 3 is 2.23 bits per heavy atom. The first-order valence-electron chi connectivity index (χ1n) is 20.2. The molecule has 2 aliphatic rings. The number of methoxy groups -OCH3 is 2. The fourth-order valence-electron chi connectivity index (χ4n) is 6.31. The molecule has 332 valence electrons. The van der Waals surface area contributed by atoms with Gasteiger partial charge >= 0.3 is 5.97 Å². The van der Waals surface area contributed by atoms with E-state index in [0.717, 1.165) is 0 Å². The minimum Gasteiger partial charge on any atom is -0.461 e. The van der Waals surface area contributed by atoms with Gasteiger partial charge in [-0.05, 0) is 64.0 Å². The molecular formula is C47H66O13. The van der Waals surface area contributed by atoms with Crippen LogP contribution >= 0.6 is 0 Å². The van der Waals surface area contributed by atoms with Crippen molar-refractivity contribution in [2.45, 2.75) is 129 Å². The van der Waals surface area contributed by atoms with Crippen LogP contribution < -0.4 is 0 Å². The zero-order valence-corrected chi connectivity index (χ0v) is 36.2. The molecule has 0 radical (unpaired) electrons. The number of cyclic esters (lactones) is 1. The summed E-state index contributed by atoms with van der Waals surface area (Å²) in [6.07, 6.45) is 17.1. The molecule has 1 saturated heterocycles. The van der Waals surface area contributed by atoms with Crippen LogP contribution in [0.25, 0.3) is 0 Å². The molecule has 0 aliphatic carbocycles. The van der Waals surface area contributed by atoms with Crippen molar-refractivity contribution in [3.05, 3.63) is 120 Å². The van der Waals surface area contributed by atoms with E-state index in [4.69, 9.17) is 23.7 Å². The summed E-state index contributed by atoms with van der Waals surface area (Å²) >= 11 is 0. The normalized spacial score (nSPS) is 33.5. The van der Waals surface area contributed by atoms with Crippen LogP contribution in [0.15, 0.2) is 120 Å². The Balaban J connectivity index is 2.11. The van der Waals surface area contributed by atoms with Gasteiger partial charge in [0.2, 0.25) is 0 Å². The number of ketones is 2. The molecule has 2 heterocycles. The smallest absolute Gasteiger partial charge is 0.309 e. The number of aliphatic hydroxyl groups is 5. The van der Waals surface area contributed by atoms with Crippen molar-refractivity contribution in [2.75, 3.05) is 14.2 Å². The third-order valence-electron chi connectivity index (χ3n) is 10.4. The molecule has 60 heavy (non-hydrogen) atoms. The lowest BCUT2D eigenvalue weighted by atomic mass is 9.85. The maximum atomic E-state index is 13.1. The zero-order valence-electron chi connectivity index (χ0n) is 36.2. The molecule has 13 unspecified atom stereocenters. The van der Waals surface area contributed by atoms with Gasteiger partial charge in [-0.25, -0.2) is 0 Å². The van der Waals surface area contributed by atoms with Gasteiger partial charge in [0, 0.05) is 32.5 Å². The Hall–Kier alpha value is -4.15. The second-order valence-corrected chi connectivity index (χ2v) is 15.1. The third-order valence-corrected chi connectivity index (χ3v) is 10.4. The number of carbonyl (C=O) groups is 3. The van der Waals surface area contributed by atoms with Gasteiger partial charge in [0.15, 0.2) is 17.9 Å². The molecule has 2 aliphatic heterocycles. The molecule has 0 spiro atoms. The number of esters is 1. The number of aliphatic hydroxyl groups excluding tert-OH is 5. The molecule has 0 bridgehead atoms. The van der Waals surface area contributed by atoms with E-state index in [9.17, 15) is 39.9 Å². The lowest BCUT2D eigenvalue weighted by Gasteiger charge is -2.43. The maximum Gasteiger partial charge on any atom is 0.309 e. The van der Waals surface area contributed by atoms with Crippen molar-refractivity contribution < 1.29 is 63.6 Å². The molecule has 0 aromatic carbocycles. The van der Waals surface area contributed by atoms with Crippen molar-refractivity contribution in [2.24, 2.45) is 11.8 Å². The van der Waals surface area contributed by atoms with E-state index in [1.807, 2.05) is 0 Å². The monoisotopic (exact) mass is 838 g/mol. The van der Waals surface area contributed by atoms with E-state index in [1.54, 1.807) is 121 Å². The molecule has 0 saturated carbocycles. The molecule has 0 aromatic heterocycles. The summed E-state index contributed by atoms with van der Waals surface area (Å²) in [5, 5.41) is 53.5. The minimum absolute atomic E-state index is 0.130. The van der Waals surface area contributed by atoms with Gasteiger partial charge in [0.1, 0.15) is 30.5 Å². The van der Waals surface area contributed by atoms with Crippen molar-refractivity contribution in [1.29, 1.82) is 0 Å². The van der Waals surface area contributed by atoms with Crippen LogP contribution in [0.2, 0.25) is 0 Å². The Bertz CT molecular complexity index is 1700. The number of allylic oxidation sites excluding steroid dienone is 13. The van der Waals surface area contributed by atoms with Crippen LogP contribution in [0.4, 0.5) is 0 Å². The quantitative estimate of drug-likeness (QED) is 0.0734. The lowest BCUT2D eigenvalue weighted by molar-refractivity contribution is -0.314. The first kappa shape index (κ1) is 52.0. The van der Waals surface area contributed by atoms with Crippen LogP contribution in [0.5, 0.6) is 0 Å². The molecule has 0 aromatic rings. The van der Waals surface area contributed by atoms with Gasteiger partial charge < -0.3 is 49.2 Å².